The van der Waals surface area contributed by atoms with Gasteiger partial charge in [-0.1, -0.05) is 0 Å². The molecule has 0 aliphatic rings. The number of esters is 1. The van der Waals surface area contributed by atoms with Crippen LogP contribution in [0.2, 0.25) is 0 Å². The molecule has 0 rings (SSSR count). The highest BCUT2D eigenvalue weighted by Crippen LogP contribution is 2.13. The molecule has 18 heavy (non-hydrogen) atoms. The summed E-state index contributed by atoms with van der Waals surface area (Å²) in [5.41, 5.74) is -0.521. The number of hydrogen-bond donors (Lipinski definition) is 1. The van der Waals surface area contributed by atoms with Crippen LogP contribution < -0.4 is 5.32 Å². The van der Waals surface area contributed by atoms with Crippen LogP contribution in [0, 0.1) is 0 Å². The van der Waals surface area contributed by atoms with Crippen LogP contribution in [0.1, 0.15) is 27.2 Å². The summed E-state index contributed by atoms with van der Waals surface area (Å²) in [6.07, 6.45) is -4.12. The molecule has 0 saturated carbocycles. The van der Waals surface area contributed by atoms with E-state index in [0.29, 0.717) is 6.54 Å². The number of rotatable bonds is 7. The zero-order valence-corrected chi connectivity index (χ0v) is 10.9. The molecule has 0 unspecified atom stereocenters. The number of alkyl halides is 3. The Kier molecular flexibility index (Phi) is 7.23. The lowest BCUT2D eigenvalue weighted by atomic mass is 10.2. The van der Waals surface area contributed by atoms with E-state index in [9.17, 15) is 18.0 Å². The Morgan fingerprint density at radius 3 is 2.28 bits per heavy atom. The van der Waals surface area contributed by atoms with E-state index in [0.717, 1.165) is 0 Å². The predicted octanol–water partition coefficient (Wildman–Crippen LogP) is 1.89. The van der Waals surface area contributed by atoms with Gasteiger partial charge in [-0.25, -0.2) is 0 Å². The molecule has 0 aromatic rings. The molecular weight excluding hydrogens is 251 g/mol. The van der Waals surface area contributed by atoms with E-state index in [2.05, 4.69) is 10.1 Å². The highest BCUT2D eigenvalue weighted by atomic mass is 19.4. The van der Waals surface area contributed by atoms with Gasteiger partial charge in [0.15, 0.2) is 0 Å². The number of ether oxygens (including phenoxy) is 2. The van der Waals surface area contributed by atoms with Crippen LogP contribution in [0.5, 0.6) is 0 Å². The summed E-state index contributed by atoms with van der Waals surface area (Å²) in [5.74, 6) is -0.341. The van der Waals surface area contributed by atoms with E-state index >= 15 is 0 Å². The van der Waals surface area contributed by atoms with E-state index in [1.165, 1.54) is 0 Å². The fourth-order valence-electron chi connectivity index (χ4n) is 1.04. The molecular formula is C11H20F3NO3. The van der Waals surface area contributed by atoms with Gasteiger partial charge in [0.2, 0.25) is 0 Å². The molecule has 4 nitrogen and oxygen atoms in total. The predicted molar refractivity (Wildman–Crippen MR) is 60.2 cm³/mol. The number of nitrogens with one attached hydrogen (secondary N) is 1. The van der Waals surface area contributed by atoms with Crippen molar-refractivity contribution in [2.75, 3.05) is 26.3 Å². The van der Waals surface area contributed by atoms with Crippen molar-refractivity contribution in [1.82, 2.24) is 5.32 Å². The molecule has 1 N–H and O–H groups in total. The second-order valence-corrected chi connectivity index (χ2v) is 4.75. The van der Waals surface area contributed by atoms with Gasteiger partial charge in [0.05, 0.1) is 13.0 Å². The minimum atomic E-state index is -4.30. The highest BCUT2D eigenvalue weighted by Gasteiger charge is 2.27. The third-order valence-corrected chi connectivity index (χ3v) is 1.61. The fraction of sp³-hybridized carbons (Fsp3) is 0.909. The van der Waals surface area contributed by atoms with Crippen LogP contribution in [0.4, 0.5) is 13.2 Å². The Morgan fingerprint density at radius 2 is 1.78 bits per heavy atom. The van der Waals surface area contributed by atoms with Crippen molar-refractivity contribution >= 4 is 5.97 Å². The van der Waals surface area contributed by atoms with Crippen LogP contribution in [-0.4, -0.2) is 44.0 Å². The molecule has 0 aliphatic carbocycles. The van der Waals surface area contributed by atoms with E-state index < -0.39 is 18.4 Å². The summed E-state index contributed by atoms with van der Waals surface area (Å²) < 4.78 is 44.5. The maximum absolute atomic E-state index is 11.7. The molecule has 0 saturated heterocycles. The lowest BCUT2D eigenvalue weighted by Crippen LogP contribution is -2.28. The van der Waals surface area contributed by atoms with Gasteiger partial charge in [-0.2, -0.15) is 13.2 Å². The molecule has 7 heteroatoms. The van der Waals surface area contributed by atoms with Gasteiger partial charge < -0.3 is 14.8 Å². The Bertz CT molecular complexity index is 249. The minimum absolute atomic E-state index is 0.0478. The lowest BCUT2D eigenvalue weighted by molar-refractivity contribution is -0.173. The van der Waals surface area contributed by atoms with Gasteiger partial charge in [0, 0.05) is 13.1 Å². The molecule has 0 aromatic heterocycles. The molecule has 0 fully saturated rings. The van der Waals surface area contributed by atoms with Crippen molar-refractivity contribution in [3.63, 3.8) is 0 Å². The third kappa shape index (κ3) is 13.2. The quantitative estimate of drug-likeness (QED) is 0.567. The van der Waals surface area contributed by atoms with E-state index in [1.54, 1.807) is 20.8 Å². The summed E-state index contributed by atoms with van der Waals surface area (Å²) in [6.45, 7) is 4.62. The van der Waals surface area contributed by atoms with Crippen molar-refractivity contribution < 1.29 is 27.4 Å². The maximum atomic E-state index is 11.7. The smallest absolute Gasteiger partial charge is 0.411 e. The van der Waals surface area contributed by atoms with E-state index in [4.69, 9.17) is 4.74 Å². The van der Waals surface area contributed by atoms with E-state index in [1.807, 2.05) is 0 Å². The first-order chi connectivity index (χ1) is 8.10. The average Bonchev–Trinajstić information content (AvgIpc) is 2.11. The van der Waals surface area contributed by atoms with Crippen LogP contribution in [0.15, 0.2) is 0 Å². The van der Waals surface area contributed by atoms with Gasteiger partial charge in [0.1, 0.15) is 12.2 Å². The number of carbonyl (C=O) groups is 1. The van der Waals surface area contributed by atoms with Crippen molar-refractivity contribution in [2.45, 2.75) is 39.0 Å². The highest BCUT2D eigenvalue weighted by molar-refractivity contribution is 5.70. The summed E-state index contributed by atoms with van der Waals surface area (Å²) in [7, 11) is 0. The van der Waals surface area contributed by atoms with E-state index in [-0.39, 0.29) is 25.5 Å². The monoisotopic (exact) mass is 271 g/mol. The number of halogens is 3. The Morgan fingerprint density at radius 1 is 1.17 bits per heavy atom. The second kappa shape index (κ2) is 7.58. The topological polar surface area (TPSA) is 47.6 Å². The zero-order chi connectivity index (χ0) is 14.2. The van der Waals surface area contributed by atoms with Crippen molar-refractivity contribution in [3.8, 4) is 0 Å². The Hall–Kier alpha value is -0.820. The number of carbonyl (C=O) groups excluding carboxylic acids is 1. The van der Waals surface area contributed by atoms with Crippen LogP contribution in [0.3, 0.4) is 0 Å². The van der Waals surface area contributed by atoms with Gasteiger partial charge in [-0.3, -0.25) is 4.79 Å². The zero-order valence-electron chi connectivity index (χ0n) is 10.9. The van der Waals surface area contributed by atoms with Gasteiger partial charge >= 0.3 is 12.1 Å². The second-order valence-electron chi connectivity index (χ2n) is 4.75. The van der Waals surface area contributed by atoms with Crippen molar-refractivity contribution in [2.24, 2.45) is 0 Å². The largest absolute Gasteiger partial charge is 0.460 e. The first-order valence-electron chi connectivity index (χ1n) is 5.67. The van der Waals surface area contributed by atoms with Gasteiger partial charge in [-0.05, 0) is 20.8 Å². The molecule has 0 bridgehead atoms. The first kappa shape index (κ1) is 17.2. The molecule has 0 atom stereocenters. The van der Waals surface area contributed by atoms with Crippen molar-refractivity contribution in [1.29, 1.82) is 0 Å². The molecule has 108 valence electrons. The average molecular weight is 271 g/mol. The normalized spacial score (nSPS) is 12.6. The van der Waals surface area contributed by atoms with Crippen LogP contribution >= 0.6 is 0 Å². The minimum Gasteiger partial charge on any atom is -0.460 e. The Balaban J connectivity index is 3.39. The molecule has 0 amide bonds. The maximum Gasteiger partial charge on any atom is 0.411 e. The van der Waals surface area contributed by atoms with Crippen LogP contribution in [-0.2, 0) is 14.3 Å². The van der Waals surface area contributed by atoms with Gasteiger partial charge in [-0.15, -0.1) is 0 Å². The van der Waals surface area contributed by atoms with Crippen molar-refractivity contribution in [3.05, 3.63) is 0 Å². The molecule has 0 heterocycles. The standard InChI is InChI=1S/C11H20F3NO3/c1-10(2,3)18-9(16)4-5-15-6-7-17-8-11(12,13)14/h15H,4-8H2,1-3H3. The molecule has 0 spiro atoms. The Labute approximate surface area is 105 Å². The van der Waals surface area contributed by atoms with Crippen LogP contribution in [0.25, 0.3) is 0 Å². The summed E-state index contributed by atoms with van der Waals surface area (Å²) in [5, 5.41) is 2.80. The lowest BCUT2D eigenvalue weighted by Gasteiger charge is -2.19. The SMILES string of the molecule is CC(C)(C)OC(=O)CCNCCOCC(F)(F)F. The summed E-state index contributed by atoms with van der Waals surface area (Å²) >= 11 is 0. The fourth-order valence-corrected chi connectivity index (χ4v) is 1.04. The number of hydrogen-bond acceptors (Lipinski definition) is 4. The first-order valence-corrected chi connectivity index (χ1v) is 5.67. The summed E-state index contributed by atoms with van der Waals surface area (Å²) in [6, 6.07) is 0. The molecule has 0 radical (unpaired) electrons. The molecule has 0 aromatic carbocycles. The summed E-state index contributed by atoms with van der Waals surface area (Å²) in [4.78, 5) is 11.2. The van der Waals surface area contributed by atoms with Gasteiger partial charge in [0.25, 0.3) is 0 Å². The third-order valence-electron chi connectivity index (χ3n) is 1.61. The molecule has 0 aliphatic heterocycles.